The van der Waals surface area contributed by atoms with E-state index in [1.54, 1.807) is 13.0 Å². The number of benzene rings is 1. The molecule has 0 aromatic heterocycles. The number of Topliss-reactive ketones (excluding diaryl/α,β-unsaturated/α-hetero) is 1. The van der Waals surface area contributed by atoms with Crippen LogP contribution in [0.15, 0.2) is 24.3 Å². The van der Waals surface area contributed by atoms with Gasteiger partial charge in [0.25, 0.3) is 0 Å². The van der Waals surface area contributed by atoms with Gasteiger partial charge >= 0.3 is 0 Å². The Balaban J connectivity index is 0.00000441. The van der Waals surface area contributed by atoms with Crippen molar-refractivity contribution in [3.8, 4) is 0 Å². The Kier molecular flexibility index (Phi) is 10.4. The average molecular weight is 331 g/mol. The van der Waals surface area contributed by atoms with Crippen LogP contribution in [0.1, 0.15) is 37.0 Å². The molecule has 0 bridgehead atoms. The van der Waals surface area contributed by atoms with E-state index in [0.717, 1.165) is 13.0 Å². The number of nitrogens with one attached hydrogen (secondary N) is 2. The molecule has 1 amide bonds. The first kappa shape index (κ1) is 20.5. The average Bonchev–Trinajstić information content (AvgIpc) is 2.46. The summed E-state index contributed by atoms with van der Waals surface area (Å²) < 4.78 is 13.1. The maximum absolute atomic E-state index is 13.1. The molecule has 1 atom stereocenters. The van der Waals surface area contributed by atoms with Gasteiger partial charge in [0.2, 0.25) is 5.91 Å². The van der Waals surface area contributed by atoms with Gasteiger partial charge in [-0.3, -0.25) is 9.59 Å². The largest absolute Gasteiger partial charge is 0.355 e. The fraction of sp³-hybridized carbons (Fsp3) is 0.500. The highest BCUT2D eigenvalue weighted by atomic mass is 35.5. The monoisotopic (exact) mass is 330 g/mol. The molecule has 4 nitrogen and oxygen atoms in total. The van der Waals surface area contributed by atoms with E-state index in [2.05, 4.69) is 17.6 Å². The molecule has 1 unspecified atom stereocenters. The molecule has 0 aliphatic carbocycles. The lowest BCUT2D eigenvalue weighted by atomic mass is 9.96. The van der Waals surface area contributed by atoms with Crippen molar-refractivity contribution in [3.63, 3.8) is 0 Å². The highest BCUT2D eigenvalue weighted by Gasteiger charge is 2.18. The van der Waals surface area contributed by atoms with Crippen molar-refractivity contribution >= 4 is 24.1 Å². The zero-order chi connectivity index (χ0) is 15.7. The summed E-state index contributed by atoms with van der Waals surface area (Å²) in [5.41, 5.74) is 0.305. The third kappa shape index (κ3) is 7.52. The number of carbonyl (C=O) groups is 2. The van der Waals surface area contributed by atoms with E-state index < -0.39 is 11.7 Å². The van der Waals surface area contributed by atoms with Crippen molar-refractivity contribution in [1.29, 1.82) is 0 Å². The molecule has 0 saturated carbocycles. The number of ketones is 1. The molecule has 22 heavy (non-hydrogen) atoms. The fourth-order valence-corrected chi connectivity index (χ4v) is 1.96. The van der Waals surface area contributed by atoms with Crippen molar-refractivity contribution in [2.75, 3.05) is 19.6 Å². The van der Waals surface area contributed by atoms with Crippen LogP contribution in [0.2, 0.25) is 0 Å². The first-order valence-electron chi connectivity index (χ1n) is 7.31. The molecule has 0 aliphatic heterocycles. The molecule has 1 aromatic rings. The number of halogens is 2. The molecule has 0 heterocycles. The fourth-order valence-electron chi connectivity index (χ4n) is 1.96. The Morgan fingerprint density at radius 2 is 1.95 bits per heavy atom. The second-order valence-electron chi connectivity index (χ2n) is 5.08. The second kappa shape index (κ2) is 11.2. The van der Waals surface area contributed by atoms with E-state index in [4.69, 9.17) is 0 Å². The Hall–Kier alpha value is -1.46. The third-order valence-corrected chi connectivity index (χ3v) is 3.10. The van der Waals surface area contributed by atoms with E-state index >= 15 is 0 Å². The lowest BCUT2D eigenvalue weighted by Gasteiger charge is -2.11. The standard InChI is InChI=1S/C16H23FN2O2.ClH/c1-3-7-18-8-9-19-15(20)10-12(2)16(21)13-5-4-6-14(17)11-13;/h4-6,11-12,18H,3,7-10H2,1-2H3,(H,19,20);1H. The van der Waals surface area contributed by atoms with Crippen LogP contribution in [-0.4, -0.2) is 31.3 Å². The number of amides is 1. The van der Waals surface area contributed by atoms with Gasteiger partial charge in [0.1, 0.15) is 5.82 Å². The minimum atomic E-state index is -0.463. The van der Waals surface area contributed by atoms with E-state index in [1.165, 1.54) is 18.2 Å². The van der Waals surface area contributed by atoms with Crippen LogP contribution in [0, 0.1) is 11.7 Å². The number of hydrogen-bond donors (Lipinski definition) is 2. The zero-order valence-electron chi connectivity index (χ0n) is 13.0. The summed E-state index contributed by atoms with van der Waals surface area (Å²) in [6.07, 6.45) is 1.16. The molecule has 6 heteroatoms. The SMILES string of the molecule is CCCNCCNC(=O)CC(C)C(=O)c1cccc(F)c1.Cl. The molecule has 0 radical (unpaired) electrons. The summed E-state index contributed by atoms with van der Waals surface area (Å²) in [6, 6.07) is 5.55. The first-order valence-corrected chi connectivity index (χ1v) is 7.31. The van der Waals surface area contributed by atoms with Gasteiger partial charge in [-0.25, -0.2) is 4.39 Å². The van der Waals surface area contributed by atoms with Gasteiger partial charge in [0, 0.05) is 31.0 Å². The molecular formula is C16H24ClFN2O2. The summed E-state index contributed by atoms with van der Waals surface area (Å²) >= 11 is 0. The number of hydrogen-bond acceptors (Lipinski definition) is 3. The topological polar surface area (TPSA) is 58.2 Å². The maximum Gasteiger partial charge on any atom is 0.220 e. The summed E-state index contributed by atoms with van der Waals surface area (Å²) in [4.78, 5) is 23.8. The minimum absolute atomic E-state index is 0. The summed E-state index contributed by atoms with van der Waals surface area (Å²) in [5.74, 6) is -1.28. The summed E-state index contributed by atoms with van der Waals surface area (Å²) in [5, 5.41) is 5.94. The summed E-state index contributed by atoms with van der Waals surface area (Å²) in [6.45, 7) is 5.93. The molecule has 1 aromatic carbocycles. The highest BCUT2D eigenvalue weighted by Crippen LogP contribution is 2.13. The zero-order valence-corrected chi connectivity index (χ0v) is 13.8. The van der Waals surface area contributed by atoms with Crippen LogP contribution in [-0.2, 0) is 4.79 Å². The van der Waals surface area contributed by atoms with E-state index in [0.29, 0.717) is 18.7 Å². The van der Waals surface area contributed by atoms with Gasteiger partial charge in [0.15, 0.2) is 5.78 Å². The summed E-state index contributed by atoms with van der Waals surface area (Å²) in [7, 11) is 0. The highest BCUT2D eigenvalue weighted by molar-refractivity contribution is 5.99. The quantitative estimate of drug-likeness (QED) is 0.540. The predicted molar refractivity (Wildman–Crippen MR) is 87.9 cm³/mol. The predicted octanol–water partition coefficient (Wildman–Crippen LogP) is 2.57. The molecule has 0 aliphatic rings. The second-order valence-corrected chi connectivity index (χ2v) is 5.08. The van der Waals surface area contributed by atoms with Gasteiger partial charge in [-0.15, -0.1) is 12.4 Å². The molecule has 0 fully saturated rings. The van der Waals surface area contributed by atoms with Crippen molar-refractivity contribution in [2.45, 2.75) is 26.7 Å². The minimum Gasteiger partial charge on any atom is -0.355 e. The van der Waals surface area contributed by atoms with Crippen LogP contribution in [0.5, 0.6) is 0 Å². The van der Waals surface area contributed by atoms with Gasteiger partial charge < -0.3 is 10.6 Å². The van der Waals surface area contributed by atoms with Crippen molar-refractivity contribution in [2.24, 2.45) is 5.92 Å². The Labute approximate surface area is 137 Å². The maximum atomic E-state index is 13.1. The molecule has 124 valence electrons. The van der Waals surface area contributed by atoms with Gasteiger partial charge in [-0.1, -0.05) is 26.0 Å². The van der Waals surface area contributed by atoms with Crippen LogP contribution in [0.3, 0.4) is 0 Å². The van der Waals surface area contributed by atoms with E-state index in [-0.39, 0.29) is 30.5 Å². The van der Waals surface area contributed by atoms with Crippen LogP contribution >= 0.6 is 12.4 Å². The van der Waals surface area contributed by atoms with E-state index in [9.17, 15) is 14.0 Å². The molecular weight excluding hydrogens is 307 g/mol. The number of rotatable bonds is 9. The molecule has 0 saturated heterocycles. The smallest absolute Gasteiger partial charge is 0.220 e. The Morgan fingerprint density at radius 3 is 2.59 bits per heavy atom. The molecule has 2 N–H and O–H groups in total. The molecule has 1 rings (SSSR count). The van der Waals surface area contributed by atoms with Gasteiger partial charge in [0.05, 0.1) is 0 Å². The Morgan fingerprint density at radius 1 is 1.23 bits per heavy atom. The normalized spacial score (nSPS) is 11.4. The van der Waals surface area contributed by atoms with Crippen molar-refractivity contribution < 1.29 is 14.0 Å². The van der Waals surface area contributed by atoms with Crippen LogP contribution in [0.4, 0.5) is 4.39 Å². The third-order valence-electron chi connectivity index (χ3n) is 3.10. The first-order chi connectivity index (χ1) is 10.0. The lowest BCUT2D eigenvalue weighted by molar-refractivity contribution is -0.121. The Bertz CT molecular complexity index is 483. The van der Waals surface area contributed by atoms with E-state index in [1.807, 2.05) is 0 Å². The lowest BCUT2D eigenvalue weighted by Crippen LogP contribution is -2.33. The molecule has 0 spiro atoms. The number of carbonyl (C=O) groups excluding carboxylic acids is 2. The van der Waals surface area contributed by atoms with Crippen LogP contribution in [0.25, 0.3) is 0 Å². The van der Waals surface area contributed by atoms with Crippen LogP contribution < -0.4 is 10.6 Å². The van der Waals surface area contributed by atoms with Gasteiger partial charge in [-0.05, 0) is 25.1 Å². The van der Waals surface area contributed by atoms with Crippen molar-refractivity contribution in [1.82, 2.24) is 10.6 Å². The van der Waals surface area contributed by atoms with Gasteiger partial charge in [-0.2, -0.15) is 0 Å². The van der Waals surface area contributed by atoms with Crippen molar-refractivity contribution in [3.05, 3.63) is 35.6 Å².